The largest absolute Gasteiger partial charge is 0.461 e. The molecule has 0 aliphatic heterocycles. The number of rotatable bonds is 8. The first-order chi connectivity index (χ1) is 17.3. The lowest BCUT2D eigenvalue weighted by Crippen LogP contribution is -2.37. The number of hydrogen-bond donors (Lipinski definition) is 1. The van der Waals surface area contributed by atoms with Crippen LogP contribution in [-0.4, -0.2) is 50.0 Å². The summed E-state index contributed by atoms with van der Waals surface area (Å²) in [5.41, 5.74) is -0.733. The Morgan fingerprint density at radius 1 is 1.17 bits per heavy atom. The Hall–Kier alpha value is -4.57. The van der Waals surface area contributed by atoms with Crippen LogP contribution in [0, 0.1) is 11.3 Å². The minimum Gasteiger partial charge on any atom is -0.461 e. The van der Waals surface area contributed by atoms with E-state index >= 15 is 0 Å². The van der Waals surface area contributed by atoms with E-state index in [0.717, 1.165) is 17.1 Å². The number of carbonyl (C=O) groups is 1. The van der Waals surface area contributed by atoms with Crippen molar-refractivity contribution in [3.05, 3.63) is 66.2 Å². The van der Waals surface area contributed by atoms with Crippen LogP contribution < -0.4 is 10.1 Å². The first-order valence-corrected chi connectivity index (χ1v) is 10.6. The highest BCUT2D eigenvalue weighted by Crippen LogP contribution is 2.35. The fourth-order valence-corrected chi connectivity index (χ4v) is 3.25. The molecule has 1 unspecified atom stereocenters. The Balaban J connectivity index is 1.65. The molecule has 10 nitrogen and oxygen atoms in total. The number of amides is 1. The van der Waals surface area contributed by atoms with Gasteiger partial charge in [-0.05, 0) is 31.2 Å². The number of nitrogens with one attached hydrogen (secondary N) is 1. The van der Waals surface area contributed by atoms with Crippen molar-refractivity contribution in [3.63, 3.8) is 0 Å². The molecule has 1 aromatic carbocycles. The third-order valence-corrected chi connectivity index (χ3v) is 4.93. The number of para-hydroxylation sites is 1. The Bertz CT molecular complexity index is 1420. The second-order valence-electron chi connectivity index (χ2n) is 7.29. The zero-order valence-electron chi connectivity index (χ0n) is 18.7. The SMILES string of the molecule is CCOCC(Oc1ncnc2c1cnn2-c1ccccc1C(F)(F)F)C(=O)Nc1ccc(C#N)cn1. The molecular formula is C23H18F3N7O3. The fourth-order valence-electron chi connectivity index (χ4n) is 3.25. The van der Waals surface area contributed by atoms with E-state index in [1.807, 2.05) is 6.07 Å². The molecule has 36 heavy (non-hydrogen) atoms. The molecule has 0 aliphatic carbocycles. The monoisotopic (exact) mass is 497 g/mol. The maximum atomic E-state index is 13.5. The standard InChI is InChI=1S/C23H18F3N7O3/c1-2-35-12-18(21(34)32-19-8-7-14(9-27)10-28-19)36-22-15-11-31-33(20(15)29-13-30-22)17-6-4-3-5-16(17)23(24,25)26/h3-8,10-11,13,18H,2,12H2,1H3,(H,28,32,34). The van der Waals surface area contributed by atoms with Crippen molar-refractivity contribution < 1.29 is 27.4 Å². The van der Waals surface area contributed by atoms with Gasteiger partial charge in [0.05, 0.1) is 29.6 Å². The molecule has 3 aromatic heterocycles. The van der Waals surface area contributed by atoms with Crippen molar-refractivity contribution in [3.8, 4) is 17.6 Å². The van der Waals surface area contributed by atoms with Gasteiger partial charge >= 0.3 is 6.18 Å². The van der Waals surface area contributed by atoms with E-state index in [2.05, 4.69) is 25.4 Å². The summed E-state index contributed by atoms with van der Waals surface area (Å²) in [6.45, 7) is 1.89. The van der Waals surface area contributed by atoms with Gasteiger partial charge in [0, 0.05) is 12.8 Å². The summed E-state index contributed by atoms with van der Waals surface area (Å²) in [4.78, 5) is 25.0. The molecule has 1 atom stereocenters. The quantitative estimate of drug-likeness (QED) is 0.392. The molecule has 0 bridgehead atoms. The van der Waals surface area contributed by atoms with Gasteiger partial charge < -0.3 is 14.8 Å². The van der Waals surface area contributed by atoms with Crippen LogP contribution in [0.5, 0.6) is 5.88 Å². The van der Waals surface area contributed by atoms with Gasteiger partial charge in [0.15, 0.2) is 5.65 Å². The second-order valence-corrected chi connectivity index (χ2v) is 7.29. The Morgan fingerprint density at radius 3 is 2.67 bits per heavy atom. The average Bonchev–Trinajstić information content (AvgIpc) is 3.31. The van der Waals surface area contributed by atoms with Crippen LogP contribution in [0.4, 0.5) is 19.0 Å². The van der Waals surface area contributed by atoms with Crippen molar-refractivity contribution in [2.24, 2.45) is 0 Å². The van der Waals surface area contributed by atoms with E-state index in [1.165, 1.54) is 42.7 Å². The van der Waals surface area contributed by atoms with Crippen molar-refractivity contribution in [2.45, 2.75) is 19.2 Å². The summed E-state index contributed by atoms with van der Waals surface area (Å²) in [5.74, 6) is -0.487. The second kappa shape index (κ2) is 10.4. The zero-order chi connectivity index (χ0) is 25.7. The number of nitrogens with zero attached hydrogens (tertiary/aromatic N) is 6. The van der Waals surface area contributed by atoms with E-state index in [4.69, 9.17) is 14.7 Å². The minimum atomic E-state index is -4.61. The third kappa shape index (κ3) is 5.23. The number of ether oxygens (including phenoxy) is 2. The zero-order valence-corrected chi connectivity index (χ0v) is 18.7. The summed E-state index contributed by atoms with van der Waals surface area (Å²) in [6.07, 6.45) is -2.14. The summed E-state index contributed by atoms with van der Waals surface area (Å²) in [5, 5.41) is 15.7. The van der Waals surface area contributed by atoms with Crippen molar-refractivity contribution in [1.29, 1.82) is 5.26 Å². The predicted octanol–water partition coefficient (Wildman–Crippen LogP) is 3.52. The molecule has 13 heteroatoms. The Kier molecular flexibility index (Phi) is 7.07. The first-order valence-electron chi connectivity index (χ1n) is 10.6. The smallest absolute Gasteiger partial charge is 0.418 e. The molecule has 0 spiro atoms. The molecular weight excluding hydrogens is 479 g/mol. The van der Waals surface area contributed by atoms with E-state index in [0.29, 0.717) is 12.2 Å². The average molecular weight is 497 g/mol. The van der Waals surface area contributed by atoms with Crippen LogP contribution in [0.15, 0.2) is 55.1 Å². The molecule has 0 aliphatic rings. The van der Waals surface area contributed by atoms with Gasteiger partial charge in [0.25, 0.3) is 5.91 Å². The minimum absolute atomic E-state index is 0.0565. The molecule has 4 rings (SSSR count). The lowest BCUT2D eigenvalue weighted by atomic mass is 10.1. The maximum absolute atomic E-state index is 13.5. The maximum Gasteiger partial charge on any atom is 0.418 e. The van der Waals surface area contributed by atoms with E-state index in [9.17, 15) is 18.0 Å². The molecule has 184 valence electrons. The third-order valence-electron chi connectivity index (χ3n) is 4.93. The molecule has 0 fully saturated rings. The molecule has 1 amide bonds. The van der Waals surface area contributed by atoms with Crippen LogP contribution in [0.1, 0.15) is 18.1 Å². The fraction of sp³-hybridized carbons (Fsp3) is 0.217. The molecule has 0 saturated heterocycles. The summed E-state index contributed by atoms with van der Waals surface area (Å²) in [7, 11) is 0. The molecule has 1 N–H and O–H groups in total. The number of nitriles is 1. The highest BCUT2D eigenvalue weighted by Gasteiger charge is 2.34. The highest BCUT2D eigenvalue weighted by atomic mass is 19.4. The number of anilines is 1. The number of carbonyl (C=O) groups excluding carboxylic acids is 1. The predicted molar refractivity (Wildman–Crippen MR) is 120 cm³/mol. The van der Waals surface area contributed by atoms with Crippen LogP contribution in [0.25, 0.3) is 16.7 Å². The molecule has 4 aromatic rings. The topological polar surface area (TPSA) is 128 Å². The van der Waals surface area contributed by atoms with Gasteiger partial charge in [-0.2, -0.15) is 23.5 Å². The lowest BCUT2D eigenvalue weighted by Gasteiger charge is -2.18. The molecule has 0 saturated carbocycles. The summed E-state index contributed by atoms with van der Waals surface area (Å²) in [6, 6.07) is 9.83. The van der Waals surface area contributed by atoms with Gasteiger partial charge in [-0.15, -0.1) is 0 Å². The normalized spacial score (nSPS) is 12.2. The Labute approximate surface area is 202 Å². The van der Waals surface area contributed by atoms with Gasteiger partial charge in [0.1, 0.15) is 23.6 Å². The number of fused-ring (bicyclic) bond motifs is 1. The van der Waals surface area contributed by atoms with Gasteiger partial charge in [0.2, 0.25) is 12.0 Å². The van der Waals surface area contributed by atoms with Crippen LogP contribution in [0.3, 0.4) is 0 Å². The van der Waals surface area contributed by atoms with Crippen LogP contribution in [-0.2, 0) is 15.7 Å². The van der Waals surface area contributed by atoms with E-state index in [-0.39, 0.29) is 35.0 Å². The van der Waals surface area contributed by atoms with Gasteiger partial charge in [-0.25, -0.2) is 19.6 Å². The number of hydrogen-bond acceptors (Lipinski definition) is 8. The van der Waals surface area contributed by atoms with Crippen molar-refractivity contribution in [2.75, 3.05) is 18.5 Å². The van der Waals surface area contributed by atoms with Crippen molar-refractivity contribution >= 4 is 22.8 Å². The number of benzene rings is 1. The van der Waals surface area contributed by atoms with Crippen LogP contribution in [0.2, 0.25) is 0 Å². The molecule has 3 heterocycles. The number of alkyl halides is 3. The van der Waals surface area contributed by atoms with E-state index < -0.39 is 23.8 Å². The Morgan fingerprint density at radius 2 is 1.97 bits per heavy atom. The first kappa shape index (κ1) is 24.6. The lowest BCUT2D eigenvalue weighted by molar-refractivity contribution is -0.137. The van der Waals surface area contributed by atoms with Crippen LogP contribution >= 0.6 is 0 Å². The van der Waals surface area contributed by atoms with Gasteiger partial charge in [-0.1, -0.05) is 12.1 Å². The molecule has 0 radical (unpaired) electrons. The summed E-state index contributed by atoms with van der Waals surface area (Å²) >= 11 is 0. The number of halogens is 3. The van der Waals surface area contributed by atoms with Crippen molar-refractivity contribution in [1.82, 2.24) is 24.7 Å². The highest BCUT2D eigenvalue weighted by molar-refractivity contribution is 5.94. The van der Waals surface area contributed by atoms with Gasteiger partial charge in [-0.3, -0.25) is 4.79 Å². The number of pyridine rings is 1. The van der Waals surface area contributed by atoms with E-state index in [1.54, 1.807) is 6.92 Å². The summed E-state index contributed by atoms with van der Waals surface area (Å²) < 4.78 is 52.8. The number of aromatic nitrogens is 5.